The van der Waals surface area contributed by atoms with E-state index in [0.717, 1.165) is 12.0 Å². The monoisotopic (exact) mass is 351 g/mol. The summed E-state index contributed by atoms with van der Waals surface area (Å²) < 4.78 is 36.3. The van der Waals surface area contributed by atoms with Crippen molar-refractivity contribution in [2.75, 3.05) is 26.0 Å². The van der Waals surface area contributed by atoms with Gasteiger partial charge in [-0.15, -0.1) is 0 Å². The first-order valence-corrected chi connectivity index (χ1v) is 9.61. The minimum Gasteiger partial charge on any atom is -0.496 e. The molecule has 0 atom stereocenters. The lowest BCUT2D eigenvalue weighted by Gasteiger charge is -2.35. The highest BCUT2D eigenvalue weighted by molar-refractivity contribution is 7.89. The van der Waals surface area contributed by atoms with E-state index in [2.05, 4.69) is 10.1 Å². The molecule has 130 valence electrons. The molecule has 8 heteroatoms. The molecule has 0 spiro atoms. The van der Waals surface area contributed by atoms with Crippen molar-refractivity contribution in [2.24, 2.45) is 0 Å². The zero-order valence-corrected chi connectivity index (χ0v) is 14.6. The lowest BCUT2D eigenvalue weighted by molar-refractivity contribution is 0.216. The highest BCUT2D eigenvalue weighted by atomic mass is 32.2. The Morgan fingerprint density at radius 3 is 2.79 bits per heavy atom. The zero-order chi connectivity index (χ0) is 17.2. The number of hydrogen-bond acceptors (Lipinski definition) is 6. The predicted octanol–water partition coefficient (Wildman–Crippen LogP) is 2.27. The quantitative estimate of drug-likeness (QED) is 0.761. The molecule has 1 saturated heterocycles. The Bertz CT molecular complexity index is 797. The van der Waals surface area contributed by atoms with E-state index in [4.69, 9.17) is 9.26 Å². The van der Waals surface area contributed by atoms with Crippen LogP contribution < -0.4 is 4.74 Å². The fraction of sp³-hybridized carbons (Fsp3) is 0.500. The van der Waals surface area contributed by atoms with Gasteiger partial charge >= 0.3 is 0 Å². The molecule has 0 unspecified atom stereocenters. The first kappa shape index (κ1) is 16.9. The summed E-state index contributed by atoms with van der Waals surface area (Å²) in [6.07, 6.45) is 1.55. The Balaban J connectivity index is 1.68. The van der Waals surface area contributed by atoms with Gasteiger partial charge in [-0.05, 0) is 18.6 Å². The molecule has 0 radical (unpaired) electrons. The summed E-state index contributed by atoms with van der Waals surface area (Å²) in [5, 5.41) is 4.00. The average molecular weight is 351 g/mol. The van der Waals surface area contributed by atoms with E-state index in [-0.39, 0.29) is 11.7 Å². The Morgan fingerprint density at radius 2 is 2.08 bits per heavy atom. The van der Waals surface area contributed by atoms with Gasteiger partial charge in [-0.3, -0.25) is 0 Å². The van der Waals surface area contributed by atoms with Crippen molar-refractivity contribution in [3.8, 4) is 17.1 Å². The number of nitrogens with zero attached hydrogens (tertiary/aromatic N) is 3. The largest absolute Gasteiger partial charge is 0.496 e. The van der Waals surface area contributed by atoms with Crippen molar-refractivity contribution in [3.05, 3.63) is 30.2 Å². The highest BCUT2D eigenvalue weighted by Crippen LogP contribution is 2.32. The molecule has 0 aliphatic carbocycles. The summed E-state index contributed by atoms with van der Waals surface area (Å²) >= 11 is 0. The van der Waals surface area contributed by atoms with Crippen LogP contribution in [0.15, 0.2) is 28.8 Å². The molecule has 1 aromatic carbocycles. The second-order valence-electron chi connectivity index (χ2n) is 5.84. The second kappa shape index (κ2) is 6.90. The Hall–Kier alpha value is -1.93. The van der Waals surface area contributed by atoms with Gasteiger partial charge in [0.25, 0.3) is 0 Å². The molecule has 2 aromatic rings. The van der Waals surface area contributed by atoms with Gasteiger partial charge in [0.2, 0.25) is 21.7 Å². The highest BCUT2D eigenvalue weighted by Gasteiger charge is 2.39. The predicted molar refractivity (Wildman–Crippen MR) is 89.3 cm³/mol. The summed E-state index contributed by atoms with van der Waals surface area (Å²) in [7, 11) is -1.57. The van der Waals surface area contributed by atoms with Crippen LogP contribution in [0.2, 0.25) is 0 Å². The van der Waals surface area contributed by atoms with E-state index >= 15 is 0 Å². The molecule has 3 rings (SSSR count). The minimum atomic E-state index is -3.16. The Kier molecular flexibility index (Phi) is 4.86. The van der Waals surface area contributed by atoms with Gasteiger partial charge in [0.15, 0.2) is 0 Å². The molecule has 1 aliphatic heterocycles. The first-order valence-electron chi connectivity index (χ1n) is 8.00. The summed E-state index contributed by atoms with van der Waals surface area (Å²) in [5.41, 5.74) is 0.752. The number of ether oxygens (including phenoxy) is 1. The molecule has 0 saturated carbocycles. The molecule has 7 nitrogen and oxygen atoms in total. The lowest BCUT2D eigenvalue weighted by atomic mass is 10.0. The zero-order valence-electron chi connectivity index (χ0n) is 13.8. The number of sulfonamides is 1. The summed E-state index contributed by atoms with van der Waals surface area (Å²) in [4.78, 5) is 4.41. The number of benzene rings is 1. The first-order chi connectivity index (χ1) is 11.5. The summed E-state index contributed by atoms with van der Waals surface area (Å²) in [5.74, 6) is 1.75. The molecule has 24 heavy (non-hydrogen) atoms. The molecule has 0 N–H and O–H groups in total. The third-order valence-electron chi connectivity index (χ3n) is 4.14. The van der Waals surface area contributed by atoms with E-state index in [1.165, 1.54) is 4.31 Å². The molecular weight excluding hydrogens is 330 g/mol. The van der Waals surface area contributed by atoms with Crippen LogP contribution in [0.25, 0.3) is 11.4 Å². The van der Waals surface area contributed by atoms with E-state index in [9.17, 15) is 8.42 Å². The summed E-state index contributed by atoms with van der Waals surface area (Å²) in [6, 6.07) is 7.43. The van der Waals surface area contributed by atoms with Crippen LogP contribution in [0.3, 0.4) is 0 Å². The lowest BCUT2D eigenvalue weighted by Crippen LogP contribution is -2.49. The van der Waals surface area contributed by atoms with Crippen LogP contribution in [-0.4, -0.2) is 48.8 Å². The van der Waals surface area contributed by atoms with Gasteiger partial charge in [-0.1, -0.05) is 30.6 Å². The standard InChI is InChI=1S/C16H21N3O4S/c1-3-4-9-24(20,21)19-10-12(11-19)16-17-15(18-23-16)13-7-5-6-8-14(13)22-2/h5-8,12H,3-4,9-11H2,1-2H3. The SMILES string of the molecule is CCCCS(=O)(=O)N1CC(c2nc(-c3ccccc3OC)no2)C1. The third kappa shape index (κ3) is 3.29. The maximum absolute atomic E-state index is 12.1. The van der Waals surface area contributed by atoms with Crippen molar-refractivity contribution in [1.82, 2.24) is 14.4 Å². The second-order valence-corrected chi connectivity index (χ2v) is 7.93. The van der Waals surface area contributed by atoms with Crippen LogP contribution in [-0.2, 0) is 10.0 Å². The van der Waals surface area contributed by atoms with Crippen LogP contribution in [0.5, 0.6) is 5.75 Å². The van der Waals surface area contributed by atoms with E-state index in [1.807, 2.05) is 31.2 Å². The fourth-order valence-corrected chi connectivity index (χ4v) is 4.34. The molecule has 0 bridgehead atoms. The Labute approximate surface area is 141 Å². The van der Waals surface area contributed by atoms with Crippen molar-refractivity contribution in [3.63, 3.8) is 0 Å². The van der Waals surface area contributed by atoms with Gasteiger partial charge in [-0.25, -0.2) is 12.7 Å². The van der Waals surface area contributed by atoms with Crippen molar-refractivity contribution in [1.29, 1.82) is 0 Å². The molecule has 1 fully saturated rings. The molecule has 1 aliphatic rings. The Morgan fingerprint density at radius 1 is 1.33 bits per heavy atom. The van der Waals surface area contributed by atoms with Crippen molar-refractivity contribution in [2.45, 2.75) is 25.7 Å². The summed E-state index contributed by atoms with van der Waals surface area (Å²) in [6.45, 7) is 2.78. The van der Waals surface area contributed by atoms with Gasteiger partial charge in [0.05, 0.1) is 24.3 Å². The molecular formula is C16H21N3O4S. The van der Waals surface area contributed by atoms with Crippen LogP contribution >= 0.6 is 0 Å². The normalized spacial score (nSPS) is 16.1. The van der Waals surface area contributed by atoms with Crippen LogP contribution in [0, 0.1) is 0 Å². The minimum absolute atomic E-state index is 0.0441. The van der Waals surface area contributed by atoms with Gasteiger partial charge in [0.1, 0.15) is 5.75 Å². The van der Waals surface area contributed by atoms with E-state index in [1.54, 1.807) is 7.11 Å². The number of rotatable bonds is 7. The van der Waals surface area contributed by atoms with Gasteiger partial charge < -0.3 is 9.26 Å². The van der Waals surface area contributed by atoms with Crippen LogP contribution in [0.1, 0.15) is 31.6 Å². The maximum atomic E-state index is 12.1. The third-order valence-corrected chi connectivity index (χ3v) is 6.03. The van der Waals surface area contributed by atoms with E-state index < -0.39 is 10.0 Å². The number of unbranched alkanes of at least 4 members (excludes halogenated alkanes) is 1. The molecule has 1 aromatic heterocycles. The van der Waals surface area contributed by atoms with Gasteiger partial charge in [0, 0.05) is 13.1 Å². The topological polar surface area (TPSA) is 85.5 Å². The maximum Gasteiger partial charge on any atom is 0.232 e. The van der Waals surface area contributed by atoms with Crippen molar-refractivity contribution < 1.29 is 17.7 Å². The molecule has 0 amide bonds. The van der Waals surface area contributed by atoms with Crippen LogP contribution in [0.4, 0.5) is 0 Å². The number of para-hydroxylation sites is 1. The smallest absolute Gasteiger partial charge is 0.232 e. The van der Waals surface area contributed by atoms with E-state index in [0.29, 0.717) is 37.0 Å². The molecule has 2 heterocycles. The van der Waals surface area contributed by atoms with Gasteiger partial charge in [-0.2, -0.15) is 4.98 Å². The van der Waals surface area contributed by atoms with Crippen molar-refractivity contribution >= 4 is 10.0 Å². The number of methoxy groups -OCH3 is 1. The average Bonchev–Trinajstić information content (AvgIpc) is 3.00. The number of hydrogen-bond donors (Lipinski definition) is 0. The fourth-order valence-electron chi connectivity index (χ4n) is 2.62. The number of aromatic nitrogens is 2.